The van der Waals surface area contributed by atoms with E-state index in [0.29, 0.717) is 61.9 Å². The van der Waals surface area contributed by atoms with Gasteiger partial charge in [-0.3, -0.25) is 4.55 Å². The summed E-state index contributed by atoms with van der Waals surface area (Å²) in [5, 5.41) is 0. The SMILES string of the molecule is CCC(=Cc1oc2ccc(-c3ccc(Br)cc3)cc2[n+]1CCCCS(=O)(=O)[O-])C=C1Oc2ccc(C)cc2N1CCCCS(=O)(=O)O. The molecule has 5 rings (SSSR count). The quantitative estimate of drug-likeness (QED) is 0.0822. The second kappa shape index (κ2) is 14.7. The molecule has 47 heavy (non-hydrogen) atoms. The number of ether oxygens (including phenoxy) is 1. The van der Waals surface area contributed by atoms with Crippen LogP contribution in [0.4, 0.5) is 5.69 Å². The molecule has 10 nitrogen and oxygen atoms in total. The minimum atomic E-state index is -4.31. The monoisotopic (exact) mass is 744 g/mol. The Hall–Kier alpha value is -3.49. The van der Waals surface area contributed by atoms with Crippen molar-refractivity contribution in [3.63, 3.8) is 0 Å². The van der Waals surface area contributed by atoms with Crippen LogP contribution in [0.2, 0.25) is 0 Å². The molecule has 0 radical (unpaired) electrons. The van der Waals surface area contributed by atoms with E-state index in [1.165, 1.54) is 0 Å². The fraction of sp³-hybridized carbons (Fsp3) is 0.324. The normalized spacial score (nSPS) is 14.6. The number of nitrogens with zero attached hydrogens (tertiary/aromatic N) is 2. The second-order valence-electron chi connectivity index (χ2n) is 11.5. The minimum Gasteiger partial charge on any atom is -0.748 e. The van der Waals surface area contributed by atoms with Gasteiger partial charge in [0.05, 0.1) is 27.6 Å². The summed E-state index contributed by atoms with van der Waals surface area (Å²) in [6, 6.07) is 19.8. The molecule has 0 bridgehead atoms. The predicted molar refractivity (Wildman–Crippen MR) is 184 cm³/mol. The molecule has 13 heteroatoms. The van der Waals surface area contributed by atoms with Crippen LogP contribution >= 0.6 is 15.9 Å². The van der Waals surface area contributed by atoms with Gasteiger partial charge in [-0.2, -0.15) is 13.0 Å². The highest BCUT2D eigenvalue weighted by atomic mass is 79.9. The molecule has 250 valence electrons. The molecule has 0 aliphatic carbocycles. The summed E-state index contributed by atoms with van der Waals surface area (Å²) in [4.78, 5) is 2.01. The number of oxazole rings is 1. The van der Waals surface area contributed by atoms with E-state index in [9.17, 15) is 25.9 Å². The van der Waals surface area contributed by atoms with Crippen molar-refractivity contribution in [2.24, 2.45) is 0 Å². The summed E-state index contributed by atoms with van der Waals surface area (Å²) >= 11 is 3.48. The number of aryl methyl sites for hydroxylation is 2. The molecule has 0 amide bonds. The van der Waals surface area contributed by atoms with E-state index in [-0.39, 0.29) is 12.2 Å². The Kier molecular flexibility index (Phi) is 10.9. The Labute approximate surface area is 284 Å². The molecule has 0 spiro atoms. The van der Waals surface area contributed by atoms with E-state index in [0.717, 1.165) is 37.9 Å². The lowest BCUT2D eigenvalue weighted by atomic mass is 10.1. The summed E-state index contributed by atoms with van der Waals surface area (Å²) in [5.41, 5.74) is 6.36. The van der Waals surface area contributed by atoms with Gasteiger partial charge in [0, 0.05) is 35.3 Å². The molecule has 1 aliphatic rings. The van der Waals surface area contributed by atoms with Crippen LogP contribution in [0, 0.1) is 6.92 Å². The van der Waals surface area contributed by atoms with E-state index in [1.807, 2.05) is 96.1 Å². The Bertz CT molecular complexity index is 2040. The lowest BCUT2D eigenvalue weighted by Gasteiger charge is -2.19. The summed E-state index contributed by atoms with van der Waals surface area (Å²) in [5.74, 6) is 1.11. The molecule has 0 saturated heterocycles. The van der Waals surface area contributed by atoms with Gasteiger partial charge in [0.1, 0.15) is 0 Å². The smallest absolute Gasteiger partial charge is 0.374 e. The van der Waals surface area contributed by atoms with Gasteiger partial charge < -0.3 is 18.6 Å². The van der Waals surface area contributed by atoms with Crippen molar-refractivity contribution >= 4 is 59.0 Å². The van der Waals surface area contributed by atoms with Crippen LogP contribution in [0.3, 0.4) is 0 Å². The number of hydrogen-bond donors (Lipinski definition) is 1. The second-order valence-corrected chi connectivity index (χ2v) is 15.5. The Morgan fingerprint density at radius 1 is 0.957 bits per heavy atom. The van der Waals surface area contributed by atoms with Crippen LogP contribution in [0.25, 0.3) is 28.3 Å². The van der Waals surface area contributed by atoms with Crippen molar-refractivity contribution in [2.75, 3.05) is 23.0 Å². The largest absolute Gasteiger partial charge is 0.748 e. The molecule has 1 N–H and O–H groups in total. The third-order valence-corrected chi connectivity index (χ3v) is 10.0. The molecule has 0 unspecified atom stereocenters. The average Bonchev–Trinajstić information content (AvgIpc) is 3.52. The molecule has 0 saturated carbocycles. The van der Waals surface area contributed by atoms with Gasteiger partial charge in [0.25, 0.3) is 15.6 Å². The maximum Gasteiger partial charge on any atom is 0.374 e. The number of rotatable bonds is 14. The highest BCUT2D eigenvalue weighted by Crippen LogP contribution is 2.40. The fourth-order valence-electron chi connectivity index (χ4n) is 5.48. The van der Waals surface area contributed by atoms with Crippen LogP contribution in [0.5, 0.6) is 5.75 Å². The topological polar surface area (TPSA) is 141 Å². The van der Waals surface area contributed by atoms with E-state index >= 15 is 0 Å². The molecular weight excluding hydrogens is 708 g/mol. The van der Waals surface area contributed by atoms with Crippen molar-refractivity contribution in [2.45, 2.75) is 52.5 Å². The molecule has 2 heterocycles. The van der Waals surface area contributed by atoms with Gasteiger partial charge in [0.15, 0.2) is 12.3 Å². The zero-order valence-electron chi connectivity index (χ0n) is 26.2. The van der Waals surface area contributed by atoms with Gasteiger partial charge >= 0.3 is 5.89 Å². The zero-order chi connectivity index (χ0) is 33.8. The predicted octanol–water partition coefficient (Wildman–Crippen LogP) is 6.99. The molecular formula is C34H37BrN2O8S2. The number of hydrogen-bond acceptors (Lipinski definition) is 8. The number of unbranched alkanes of at least 4 members (excludes halogenated alkanes) is 2. The highest BCUT2D eigenvalue weighted by Gasteiger charge is 2.27. The average molecular weight is 746 g/mol. The van der Waals surface area contributed by atoms with Crippen LogP contribution in [-0.4, -0.2) is 44.0 Å². The first-order chi connectivity index (χ1) is 22.3. The first kappa shape index (κ1) is 34.8. The molecule has 0 fully saturated rings. The standard InChI is InChI=1S/C34H37BrN2O8S2/c1-3-25(21-33-36(16-4-6-18-46(38,39)40)29-20-24(2)8-14-31(29)44-33)22-34-37(17-5-7-19-47(41,42)43)30-23-27(11-15-32(30)45-34)26-9-12-28(35)13-10-26/h8-15,20-23H,3-7,16-19H2,1-2H3,(H-,38,39,40,41,42,43). The third kappa shape index (κ3) is 9.32. The van der Waals surface area contributed by atoms with E-state index in [4.69, 9.17) is 9.15 Å². The van der Waals surface area contributed by atoms with E-state index in [1.54, 1.807) is 0 Å². The van der Waals surface area contributed by atoms with E-state index in [2.05, 4.69) is 15.9 Å². The third-order valence-electron chi connectivity index (χ3n) is 7.88. The molecule has 4 aromatic rings. The van der Waals surface area contributed by atoms with Crippen molar-refractivity contribution < 1.29 is 39.7 Å². The van der Waals surface area contributed by atoms with Crippen LogP contribution in [0.1, 0.15) is 50.5 Å². The van der Waals surface area contributed by atoms with Gasteiger partial charge in [-0.25, -0.2) is 8.42 Å². The highest BCUT2D eigenvalue weighted by molar-refractivity contribution is 9.10. The number of fused-ring (bicyclic) bond motifs is 2. The van der Waals surface area contributed by atoms with Crippen molar-refractivity contribution in [3.8, 4) is 16.9 Å². The van der Waals surface area contributed by atoms with Gasteiger partial charge in [-0.05, 0) is 85.2 Å². The molecule has 1 aromatic heterocycles. The Morgan fingerprint density at radius 3 is 2.38 bits per heavy atom. The lowest BCUT2D eigenvalue weighted by molar-refractivity contribution is -0.678. The van der Waals surface area contributed by atoms with Gasteiger partial charge in [0.2, 0.25) is 11.5 Å². The molecule has 1 aliphatic heterocycles. The zero-order valence-corrected chi connectivity index (χ0v) is 29.4. The molecule has 3 aromatic carbocycles. The first-order valence-corrected chi connectivity index (χ1v) is 19.4. The van der Waals surface area contributed by atoms with Crippen LogP contribution in [0.15, 0.2) is 87.1 Å². The number of benzene rings is 3. The number of anilines is 1. The van der Waals surface area contributed by atoms with Crippen LogP contribution in [-0.2, 0) is 26.8 Å². The van der Waals surface area contributed by atoms with Crippen molar-refractivity contribution in [1.29, 1.82) is 0 Å². The van der Waals surface area contributed by atoms with E-state index < -0.39 is 26.0 Å². The summed E-state index contributed by atoms with van der Waals surface area (Å²) in [6.45, 7) is 4.93. The maximum atomic E-state index is 11.3. The first-order valence-electron chi connectivity index (χ1n) is 15.4. The Balaban J connectivity index is 1.50. The van der Waals surface area contributed by atoms with Crippen molar-refractivity contribution in [3.05, 3.63) is 94.1 Å². The summed E-state index contributed by atoms with van der Waals surface area (Å²) in [6.07, 6.45) is 6.01. The summed E-state index contributed by atoms with van der Waals surface area (Å²) < 4.78 is 81.0. The molecule has 0 atom stereocenters. The van der Waals surface area contributed by atoms with Gasteiger partial charge in [-0.1, -0.05) is 47.1 Å². The fourth-order valence-corrected chi connectivity index (χ4v) is 6.87. The summed E-state index contributed by atoms with van der Waals surface area (Å²) in [7, 11) is -8.36. The Morgan fingerprint density at radius 2 is 1.68 bits per heavy atom. The number of halogens is 1. The maximum absolute atomic E-state index is 11.3. The number of allylic oxidation sites excluding steroid dienone is 2. The number of aromatic nitrogens is 1. The van der Waals surface area contributed by atoms with Gasteiger partial charge in [-0.15, -0.1) is 0 Å². The minimum absolute atomic E-state index is 0.226. The van der Waals surface area contributed by atoms with Crippen LogP contribution < -0.4 is 14.2 Å². The lowest BCUT2D eigenvalue weighted by Crippen LogP contribution is -2.35. The van der Waals surface area contributed by atoms with Crippen molar-refractivity contribution in [1.82, 2.24) is 0 Å².